The highest BCUT2D eigenvalue weighted by Gasteiger charge is 2.07. The highest BCUT2D eigenvalue weighted by molar-refractivity contribution is 5.73. The summed E-state index contributed by atoms with van der Waals surface area (Å²) >= 11 is 0. The second-order valence-corrected chi connectivity index (χ2v) is 6.64. The molecule has 1 N–H and O–H groups in total. The topological polar surface area (TPSA) is 64.1 Å². The summed E-state index contributed by atoms with van der Waals surface area (Å²) in [5.41, 5.74) is 3.44. The van der Waals surface area contributed by atoms with Crippen molar-refractivity contribution in [2.45, 2.75) is 32.9 Å². The molecule has 0 saturated heterocycles. The summed E-state index contributed by atoms with van der Waals surface area (Å²) in [4.78, 5) is 19.5. The maximum absolute atomic E-state index is 13.6. The number of benzene rings is 2. The number of halogens is 1. The first kappa shape index (κ1) is 19.5. The summed E-state index contributed by atoms with van der Waals surface area (Å²) in [5.74, 6) is -0.342. The van der Waals surface area contributed by atoms with Gasteiger partial charge in [-0.05, 0) is 30.5 Å². The van der Waals surface area contributed by atoms with Gasteiger partial charge in [0.25, 0.3) is 0 Å². The van der Waals surface area contributed by atoms with E-state index in [9.17, 15) is 9.18 Å². The van der Waals surface area contributed by atoms with Gasteiger partial charge in [0.15, 0.2) is 0 Å². The monoisotopic (exact) mass is 379 g/mol. The van der Waals surface area contributed by atoms with Gasteiger partial charge in [0.05, 0.1) is 0 Å². The lowest BCUT2D eigenvalue weighted by Gasteiger charge is -2.12. The van der Waals surface area contributed by atoms with Crippen LogP contribution in [0.4, 0.5) is 4.39 Å². The number of ether oxygens (including phenoxy) is 1. The van der Waals surface area contributed by atoms with Gasteiger partial charge in [-0.25, -0.2) is 14.4 Å². The fourth-order valence-corrected chi connectivity index (χ4v) is 2.88. The van der Waals surface area contributed by atoms with E-state index < -0.39 is 0 Å². The normalized spacial score (nSPS) is 11.7. The molecule has 1 heterocycles. The molecule has 2 aromatic carbocycles. The number of aromatic nitrogens is 2. The maximum atomic E-state index is 13.6. The molecule has 0 aliphatic rings. The van der Waals surface area contributed by atoms with E-state index in [-0.39, 0.29) is 30.4 Å². The Labute approximate surface area is 163 Å². The number of carbonyl (C=O) groups is 1. The van der Waals surface area contributed by atoms with Gasteiger partial charge >= 0.3 is 6.01 Å². The first-order valence-electron chi connectivity index (χ1n) is 9.06. The first-order valence-corrected chi connectivity index (χ1v) is 9.06. The van der Waals surface area contributed by atoms with E-state index >= 15 is 0 Å². The van der Waals surface area contributed by atoms with Crippen LogP contribution in [0.5, 0.6) is 6.01 Å². The molecule has 6 heteroatoms. The minimum atomic E-state index is -0.313. The van der Waals surface area contributed by atoms with Crippen molar-refractivity contribution in [2.24, 2.45) is 0 Å². The van der Waals surface area contributed by atoms with E-state index in [0.717, 1.165) is 23.1 Å². The smallest absolute Gasteiger partial charge is 0.316 e. The summed E-state index contributed by atoms with van der Waals surface area (Å²) < 4.78 is 19.1. The Morgan fingerprint density at radius 3 is 2.39 bits per heavy atom. The van der Waals surface area contributed by atoms with Crippen molar-refractivity contribution in [3.63, 3.8) is 0 Å². The lowest BCUT2D eigenvalue weighted by Crippen LogP contribution is -2.31. The molecule has 0 fully saturated rings. The van der Waals surface area contributed by atoms with Gasteiger partial charge < -0.3 is 10.1 Å². The Morgan fingerprint density at radius 2 is 1.75 bits per heavy atom. The number of carbonyl (C=O) groups excluding carboxylic acids is 1. The van der Waals surface area contributed by atoms with Crippen LogP contribution in [-0.2, 0) is 17.8 Å². The molecule has 3 rings (SSSR count). The van der Waals surface area contributed by atoms with E-state index in [1.807, 2.05) is 31.2 Å². The molecule has 0 spiro atoms. The van der Waals surface area contributed by atoms with Gasteiger partial charge in [-0.15, -0.1) is 0 Å². The van der Waals surface area contributed by atoms with E-state index in [0.29, 0.717) is 5.56 Å². The van der Waals surface area contributed by atoms with Crippen molar-refractivity contribution in [1.29, 1.82) is 0 Å². The van der Waals surface area contributed by atoms with Crippen molar-refractivity contribution < 1.29 is 13.9 Å². The van der Waals surface area contributed by atoms with Crippen molar-refractivity contribution in [2.75, 3.05) is 0 Å². The van der Waals surface area contributed by atoms with Gasteiger partial charge in [-0.3, -0.25) is 4.79 Å². The third-order valence-corrected chi connectivity index (χ3v) is 4.22. The predicted octanol–water partition coefficient (Wildman–Crippen LogP) is 3.93. The van der Waals surface area contributed by atoms with Crippen LogP contribution in [-0.4, -0.2) is 21.9 Å². The minimum Gasteiger partial charge on any atom is -0.458 e. The first-order chi connectivity index (χ1) is 13.5. The van der Waals surface area contributed by atoms with E-state index in [2.05, 4.69) is 15.3 Å². The summed E-state index contributed by atoms with van der Waals surface area (Å²) in [6.45, 7) is 3.57. The van der Waals surface area contributed by atoms with Crippen LogP contribution in [0.25, 0.3) is 11.1 Å². The Bertz CT molecular complexity index is 927. The third-order valence-electron chi connectivity index (χ3n) is 4.22. The summed E-state index contributed by atoms with van der Waals surface area (Å²) in [5, 5.41) is 2.87. The lowest BCUT2D eigenvalue weighted by molar-refractivity contribution is -0.119. The average Bonchev–Trinajstić information content (AvgIpc) is 2.68. The summed E-state index contributed by atoms with van der Waals surface area (Å²) in [6.07, 6.45) is 4.12. The molecule has 0 bridgehead atoms. The predicted molar refractivity (Wildman–Crippen MR) is 105 cm³/mol. The van der Waals surface area contributed by atoms with Crippen LogP contribution in [0.1, 0.15) is 25.0 Å². The molecule has 1 amide bonds. The molecule has 0 saturated carbocycles. The average molecular weight is 379 g/mol. The number of nitrogens with one attached hydrogen (secondary N) is 1. The van der Waals surface area contributed by atoms with Crippen LogP contribution in [0.15, 0.2) is 60.9 Å². The molecular weight excluding hydrogens is 357 g/mol. The number of hydrogen-bond donors (Lipinski definition) is 1. The molecule has 28 heavy (non-hydrogen) atoms. The van der Waals surface area contributed by atoms with Crippen molar-refractivity contribution in [1.82, 2.24) is 15.3 Å². The molecule has 1 unspecified atom stereocenters. The molecule has 1 atom stereocenters. The molecule has 0 aliphatic carbocycles. The Kier molecular flexibility index (Phi) is 6.32. The Hall–Kier alpha value is -3.28. The van der Waals surface area contributed by atoms with Crippen LogP contribution < -0.4 is 10.1 Å². The van der Waals surface area contributed by atoms with E-state index in [1.54, 1.807) is 30.6 Å². The molecule has 3 aromatic rings. The highest BCUT2D eigenvalue weighted by atomic mass is 19.1. The summed E-state index contributed by atoms with van der Waals surface area (Å²) in [7, 11) is 0. The molecule has 0 aliphatic heterocycles. The molecule has 0 radical (unpaired) electrons. The fraction of sp³-hybridized carbons (Fsp3) is 0.227. The van der Waals surface area contributed by atoms with E-state index in [1.165, 1.54) is 13.0 Å². The summed E-state index contributed by atoms with van der Waals surface area (Å²) in [6, 6.07) is 14.8. The third kappa shape index (κ3) is 5.36. The second-order valence-electron chi connectivity index (χ2n) is 6.64. The standard InChI is InChI=1S/C22H22FN3O2/c1-15(26-16(2)27)11-17-7-9-18(10-8-17)20-12-24-22(25-13-20)28-14-19-5-3-4-6-21(19)23/h3-10,12-13,15H,11,14H2,1-2H3,(H,26,27). The van der Waals surface area contributed by atoms with Gasteiger partial charge in [-0.2, -0.15) is 0 Å². The largest absolute Gasteiger partial charge is 0.458 e. The lowest BCUT2D eigenvalue weighted by atomic mass is 10.0. The van der Waals surface area contributed by atoms with Gasteiger partial charge in [0.2, 0.25) is 5.91 Å². The SMILES string of the molecule is CC(=O)NC(C)Cc1ccc(-c2cnc(OCc3ccccc3F)nc2)cc1. The fourth-order valence-electron chi connectivity index (χ4n) is 2.88. The zero-order chi connectivity index (χ0) is 19.9. The number of rotatable bonds is 7. The molecule has 5 nitrogen and oxygen atoms in total. The number of hydrogen-bond acceptors (Lipinski definition) is 4. The molecule has 1 aromatic heterocycles. The number of nitrogens with zero attached hydrogens (tertiary/aromatic N) is 2. The maximum Gasteiger partial charge on any atom is 0.316 e. The zero-order valence-electron chi connectivity index (χ0n) is 15.9. The van der Waals surface area contributed by atoms with Crippen LogP contribution in [0.3, 0.4) is 0 Å². The van der Waals surface area contributed by atoms with Crippen molar-refractivity contribution >= 4 is 5.91 Å². The molecular formula is C22H22FN3O2. The molecule has 144 valence electrons. The van der Waals surface area contributed by atoms with E-state index in [4.69, 9.17) is 4.74 Å². The minimum absolute atomic E-state index is 0.0291. The quantitative estimate of drug-likeness (QED) is 0.676. The van der Waals surface area contributed by atoms with Crippen LogP contribution in [0, 0.1) is 5.82 Å². The van der Waals surface area contributed by atoms with Crippen LogP contribution >= 0.6 is 0 Å². The Balaban J connectivity index is 1.60. The zero-order valence-corrected chi connectivity index (χ0v) is 15.9. The van der Waals surface area contributed by atoms with Crippen LogP contribution in [0.2, 0.25) is 0 Å². The van der Waals surface area contributed by atoms with Gasteiger partial charge in [0, 0.05) is 36.5 Å². The highest BCUT2D eigenvalue weighted by Crippen LogP contribution is 2.20. The van der Waals surface area contributed by atoms with Crippen molar-refractivity contribution in [3.8, 4) is 17.1 Å². The van der Waals surface area contributed by atoms with Gasteiger partial charge in [0.1, 0.15) is 12.4 Å². The number of amides is 1. The van der Waals surface area contributed by atoms with Gasteiger partial charge in [-0.1, -0.05) is 42.5 Å². The van der Waals surface area contributed by atoms with Crippen molar-refractivity contribution in [3.05, 3.63) is 77.9 Å². The Morgan fingerprint density at radius 1 is 1.07 bits per heavy atom. The second kappa shape index (κ2) is 9.08.